The highest BCUT2D eigenvalue weighted by Crippen LogP contribution is 2.22. The molecule has 1 aliphatic carbocycles. The predicted molar refractivity (Wildman–Crippen MR) is 95.4 cm³/mol. The lowest BCUT2D eigenvalue weighted by molar-refractivity contribution is -0.124. The first kappa shape index (κ1) is 18.0. The van der Waals surface area contributed by atoms with E-state index < -0.39 is 6.04 Å². The number of urea groups is 1. The number of hydrogen-bond donors (Lipinski definition) is 3. The minimum atomic E-state index is -0.472. The van der Waals surface area contributed by atoms with Crippen LogP contribution in [-0.2, 0) is 9.53 Å². The maximum absolute atomic E-state index is 12.4. The van der Waals surface area contributed by atoms with Gasteiger partial charge in [-0.3, -0.25) is 15.6 Å². The molecule has 3 rings (SSSR count). The quantitative estimate of drug-likeness (QED) is 0.529. The molecule has 1 heterocycles. The van der Waals surface area contributed by atoms with Crippen LogP contribution in [0.15, 0.2) is 24.3 Å². The van der Waals surface area contributed by atoms with E-state index in [0.29, 0.717) is 30.8 Å². The number of likely N-dealkylation sites (tertiary alicyclic amines) is 1. The molecule has 140 valence electrons. The molecular formula is C18H24N4O4. The molecule has 1 unspecified atom stereocenters. The fourth-order valence-corrected chi connectivity index (χ4v) is 2.89. The van der Waals surface area contributed by atoms with Crippen LogP contribution < -0.4 is 16.2 Å². The van der Waals surface area contributed by atoms with E-state index in [0.717, 1.165) is 19.3 Å². The molecule has 1 saturated heterocycles. The highest BCUT2D eigenvalue weighted by Gasteiger charge is 2.36. The number of rotatable bonds is 6. The van der Waals surface area contributed by atoms with Crippen LogP contribution in [0.2, 0.25) is 0 Å². The van der Waals surface area contributed by atoms with Crippen LogP contribution in [0, 0.1) is 0 Å². The van der Waals surface area contributed by atoms with Crippen LogP contribution in [-0.4, -0.2) is 48.0 Å². The van der Waals surface area contributed by atoms with E-state index >= 15 is 0 Å². The number of carbonyl (C=O) groups is 3. The van der Waals surface area contributed by atoms with Crippen LogP contribution in [0.1, 0.15) is 43.0 Å². The molecule has 26 heavy (non-hydrogen) atoms. The summed E-state index contributed by atoms with van der Waals surface area (Å²) in [4.78, 5) is 37.9. The number of nitrogens with one attached hydrogen (secondary N) is 3. The standard InChI is InChI=1S/C18H24N4O4/c1-2-26-17(24)12-5-7-14(8-6-12)20-21-16(23)15-4-3-11-22(15)18(25)19-13-9-10-13/h5-8,13,15,20H,2-4,9-11H2,1H3,(H,19,25)(H,21,23). The van der Waals surface area contributed by atoms with Gasteiger partial charge < -0.3 is 15.0 Å². The van der Waals surface area contributed by atoms with Crippen molar-refractivity contribution in [3.05, 3.63) is 29.8 Å². The Balaban J connectivity index is 1.51. The van der Waals surface area contributed by atoms with Crippen molar-refractivity contribution in [2.45, 2.75) is 44.7 Å². The molecule has 1 aliphatic heterocycles. The lowest BCUT2D eigenvalue weighted by atomic mass is 10.2. The van der Waals surface area contributed by atoms with E-state index in [9.17, 15) is 14.4 Å². The second-order valence-corrected chi connectivity index (χ2v) is 6.49. The van der Waals surface area contributed by atoms with Gasteiger partial charge in [0.15, 0.2) is 0 Å². The molecule has 8 heteroatoms. The first-order chi connectivity index (χ1) is 12.6. The Bertz CT molecular complexity index is 672. The first-order valence-corrected chi connectivity index (χ1v) is 8.98. The van der Waals surface area contributed by atoms with Crippen molar-refractivity contribution < 1.29 is 19.1 Å². The summed E-state index contributed by atoms with van der Waals surface area (Å²) in [5.41, 5.74) is 6.55. The molecule has 0 aromatic heterocycles. The van der Waals surface area contributed by atoms with E-state index in [-0.39, 0.29) is 23.9 Å². The molecule has 3 N–H and O–H groups in total. The number of esters is 1. The molecule has 0 radical (unpaired) electrons. The van der Waals surface area contributed by atoms with Crippen molar-refractivity contribution in [3.8, 4) is 0 Å². The molecule has 1 aromatic rings. The molecular weight excluding hydrogens is 336 g/mol. The molecule has 0 spiro atoms. The minimum Gasteiger partial charge on any atom is -0.462 e. The van der Waals surface area contributed by atoms with Crippen molar-refractivity contribution in [1.82, 2.24) is 15.6 Å². The smallest absolute Gasteiger partial charge is 0.338 e. The fraction of sp³-hybridized carbons (Fsp3) is 0.500. The molecule has 1 aromatic carbocycles. The van der Waals surface area contributed by atoms with E-state index in [1.165, 1.54) is 0 Å². The summed E-state index contributed by atoms with van der Waals surface area (Å²) in [5.74, 6) is -0.630. The SMILES string of the molecule is CCOC(=O)c1ccc(NNC(=O)C2CCCN2C(=O)NC2CC2)cc1. The lowest BCUT2D eigenvalue weighted by Gasteiger charge is -2.24. The highest BCUT2D eigenvalue weighted by molar-refractivity contribution is 5.90. The Morgan fingerprint density at radius 1 is 1.15 bits per heavy atom. The summed E-state index contributed by atoms with van der Waals surface area (Å²) < 4.78 is 4.93. The summed E-state index contributed by atoms with van der Waals surface area (Å²) in [5, 5.41) is 2.92. The van der Waals surface area contributed by atoms with Crippen molar-refractivity contribution in [3.63, 3.8) is 0 Å². The number of carbonyl (C=O) groups excluding carboxylic acids is 3. The van der Waals surface area contributed by atoms with E-state index in [1.807, 2.05) is 0 Å². The van der Waals surface area contributed by atoms with Crippen LogP contribution in [0.3, 0.4) is 0 Å². The summed E-state index contributed by atoms with van der Waals surface area (Å²) in [7, 11) is 0. The van der Waals surface area contributed by atoms with Crippen LogP contribution in [0.4, 0.5) is 10.5 Å². The third-order valence-corrected chi connectivity index (χ3v) is 4.45. The third-order valence-electron chi connectivity index (χ3n) is 4.45. The summed E-state index contributed by atoms with van der Waals surface area (Å²) in [6.07, 6.45) is 3.48. The zero-order valence-electron chi connectivity index (χ0n) is 14.8. The van der Waals surface area contributed by atoms with Gasteiger partial charge in [-0.2, -0.15) is 0 Å². The van der Waals surface area contributed by atoms with Crippen LogP contribution in [0.5, 0.6) is 0 Å². The number of anilines is 1. The van der Waals surface area contributed by atoms with Gasteiger partial charge in [-0.05, 0) is 56.9 Å². The highest BCUT2D eigenvalue weighted by atomic mass is 16.5. The summed E-state index contributed by atoms with van der Waals surface area (Å²) >= 11 is 0. The second-order valence-electron chi connectivity index (χ2n) is 6.49. The number of hydrogen-bond acceptors (Lipinski definition) is 5. The lowest BCUT2D eigenvalue weighted by Crippen LogP contribution is -2.50. The molecule has 0 bridgehead atoms. The fourth-order valence-electron chi connectivity index (χ4n) is 2.89. The maximum atomic E-state index is 12.4. The van der Waals surface area contributed by atoms with E-state index in [2.05, 4.69) is 16.2 Å². The zero-order valence-corrected chi connectivity index (χ0v) is 14.8. The van der Waals surface area contributed by atoms with Gasteiger partial charge in [0, 0.05) is 12.6 Å². The monoisotopic (exact) mass is 360 g/mol. The van der Waals surface area contributed by atoms with Crippen molar-refractivity contribution in [2.75, 3.05) is 18.6 Å². The Morgan fingerprint density at radius 3 is 2.54 bits per heavy atom. The Morgan fingerprint density at radius 2 is 1.88 bits per heavy atom. The molecule has 8 nitrogen and oxygen atoms in total. The van der Waals surface area contributed by atoms with Gasteiger partial charge in [0.25, 0.3) is 5.91 Å². The Hall–Kier alpha value is -2.77. The van der Waals surface area contributed by atoms with E-state index in [4.69, 9.17) is 4.74 Å². The van der Waals surface area contributed by atoms with Crippen molar-refractivity contribution in [1.29, 1.82) is 0 Å². The molecule has 2 fully saturated rings. The normalized spacial score (nSPS) is 19.0. The van der Waals surface area contributed by atoms with Crippen molar-refractivity contribution in [2.24, 2.45) is 0 Å². The third kappa shape index (κ3) is 4.44. The van der Waals surface area contributed by atoms with Gasteiger partial charge in [0.05, 0.1) is 17.9 Å². The number of nitrogens with zero attached hydrogens (tertiary/aromatic N) is 1. The molecule has 1 atom stereocenters. The van der Waals surface area contributed by atoms with Crippen LogP contribution >= 0.6 is 0 Å². The predicted octanol–water partition coefficient (Wildman–Crippen LogP) is 1.64. The van der Waals surface area contributed by atoms with Gasteiger partial charge in [0.2, 0.25) is 0 Å². The average molecular weight is 360 g/mol. The van der Waals surface area contributed by atoms with Gasteiger partial charge in [-0.1, -0.05) is 0 Å². The average Bonchev–Trinajstić information content (AvgIpc) is 3.31. The Labute approximate surface area is 152 Å². The molecule has 2 aliphatic rings. The summed E-state index contributed by atoms with van der Waals surface area (Å²) in [6.45, 7) is 2.66. The largest absolute Gasteiger partial charge is 0.462 e. The molecule has 3 amide bonds. The number of amides is 3. The first-order valence-electron chi connectivity index (χ1n) is 8.98. The number of hydrazine groups is 1. The number of benzene rings is 1. The topological polar surface area (TPSA) is 99.8 Å². The maximum Gasteiger partial charge on any atom is 0.338 e. The van der Waals surface area contributed by atoms with Gasteiger partial charge in [-0.15, -0.1) is 0 Å². The van der Waals surface area contributed by atoms with Crippen LogP contribution in [0.25, 0.3) is 0 Å². The second kappa shape index (κ2) is 8.07. The van der Waals surface area contributed by atoms with Gasteiger partial charge >= 0.3 is 12.0 Å². The number of ether oxygens (including phenoxy) is 1. The molecule has 1 saturated carbocycles. The van der Waals surface area contributed by atoms with Gasteiger partial charge in [0.1, 0.15) is 6.04 Å². The zero-order chi connectivity index (χ0) is 18.5. The summed E-state index contributed by atoms with van der Waals surface area (Å²) in [6, 6.07) is 6.23. The van der Waals surface area contributed by atoms with E-state index in [1.54, 1.807) is 36.1 Å². The van der Waals surface area contributed by atoms with Gasteiger partial charge in [-0.25, -0.2) is 9.59 Å². The van der Waals surface area contributed by atoms with Crippen molar-refractivity contribution >= 4 is 23.6 Å². The Kier molecular flexibility index (Phi) is 5.60. The minimum absolute atomic E-state index is 0.163.